The van der Waals surface area contributed by atoms with Gasteiger partial charge in [0.05, 0.1) is 12.2 Å². The summed E-state index contributed by atoms with van der Waals surface area (Å²) in [5, 5.41) is 18.6. The summed E-state index contributed by atoms with van der Waals surface area (Å²) in [6.45, 7) is 1.11. The molecule has 16 heavy (non-hydrogen) atoms. The Kier molecular flexibility index (Phi) is 2.45. The largest absolute Gasteiger partial charge is 0.393 e. The summed E-state index contributed by atoms with van der Waals surface area (Å²) in [7, 11) is 0. The summed E-state index contributed by atoms with van der Waals surface area (Å²) in [6.07, 6.45) is 7.55. The molecule has 3 rings (SSSR count). The maximum Gasteiger partial charge on any atom is 0.0628 e. The second-order valence-electron chi connectivity index (χ2n) is 6.02. The molecule has 1 aliphatic carbocycles. The van der Waals surface area contributed by atoms with Crippen molar-refractivity contribution in [1.29, 1.82) is 5.26 Å². The quantitative estimate of drug-likeness (QED) is 0.787. The summed E-state index contributed by atoms with van der Waals surface area (Å²) in [6, 6.07) is 3.55. The smallest absolute Gasteiger partial charge is 0.0628 e. The summed E-state index contributed by atoms with van der Waals surface area (Å²) >= 11 is 0. The number of nitrogens with zero attached hydrogens (tertiary/aromatic N) is 2. The van der Waals surface area contributed by atoms with Crippen molar-refractivity contribution in [2.45, 2.75) is 63.1 Å². The van der Waals surface area contributed by atoms with E-state index in [1.807, 2.05) is 0 Å². The van der Waals surface area contributed by atoms with E-state index < -0.39 is 0 Å². The van der Waals surface area contributed by atoms with Crippen molar-refractivity contribution in [3.63, 3.8) is 0 Å². The highest BCUT2D eigenvalue weighted by molar-refractivity contribution is 5.05. The molecular weight excluding hydrogens is 200 g/mol. The lowest BCUT2D eigenvalue weighted by atomic mass is 9.95. The number of aliphatic hydroxyl groups excluding tert-OH is 1. The number of nitriles is 1. The third kappa shape index (κ3) is 1.74. The summed E-state index contributed by atoms with van der Waals surface area (Å²) in [5.74, 6) is 0. The molecule has 3 aliphatic rings. The van der Waals surface area contributed by atoms with Gasteiger partial charge >= 0.3 is 0 Å². The first-order valence-electron chi connectivity index (χ1n) is 6.53. The zero-order valence-electron chi connectivity index (χ0n) is 9.73. The normalized spacial score (nSPS) is 40.6. The van der Waals surface area contributed by atoms with Crippen molar-refractivity contribution in [2.24, 2.45) is 5.41 Å². The predicted molar refractivity (Wildman–Crippen MR) is 60.7 cm³/mol. The molecule has 88 valence electrons. The molecule has 0 aromatic rings. The summed E-state index contributed by atoms with van der Waals surface area (Å²) < 4.78 is 0. The average molecular weight is 220 g/mol. The van der Waals surface area contributed by atoms with Crippen LogP contribution in [0.15, 0.2) is 0 Å². The zero-order valence-corrected chi connectivity index (χ0v) is 9.73. The van der Waals surface area contributed by atoms with E-state index in [0.29, 0.717) is 17.5 Å². The Bertz CT molecular complexity index is 304. The van der Waals surface area contributed by atoms with E-state index in [2.05, 4.69) is 11.0 Å². The second-order valence-corrected chi connectivity index (χ2v) is 6.02. The van der Waals surface area contributed by atoms with Crippen LogP contribution in [0, 0.1) is 16.7 Å². The molecule has 3 nitrogen and oxygen atoms in total. The Morgan fingerprint density at radius 3 is 2.38 bits per heavy atom. The van der Waals surface area contributed by atoms with E-state index in [1.54, 1.807) is 0 Å². The average Bonchev–Trinajstić information content (AvgIpc) is 2.94. The highest BCUT2D eigenvalue weighted by Gasteiger charge is 2.49. The van der Waals surface area contributed by atoms with Gasteiger partial charge in [0.25, 0.3) is 0 Å². The first kappa shape index (κ1) is 10.6. The Morgan fingerprint density at radius 2 is 1.88 bits per heavy atom. The number of rotatable bonds is 3. The lowest BCUT2D eigenvalue weighted by Gasteiger charge is -2.39. The van der Waals surface area contributed by atoms with Crippen LogP contribution in [0.3, 0.4) is 0 Å². The Hall–Kier alpha value is -0.590. The van der Waals surface area contributed by atoms with Gasteiger partial charge in [0.2, 0.25) is 0 Å². The Labute approximate surface area is 97.0 Å². The molecule has 0 aromatic carbocycles. The molecule has 3 fully saturated rings. The van der Waals surface area contributed by atoms with Crippen molar-refractivity contribution >= 4 is 0 Å². The maximum atomic E-state index is 9.75. The number of piperidine rings is 1. The van der Waals surface area contributed by atoms with Crippen LogP contribution in [0.5, 0.6) is 0 Å². The SMILES string of the molecule is N#CCC1(CN2C3CCC2CC(O)C3)CC1. The first-order chi connectivity index (χ1) is 7.72. The van der Waals surface area contributed by atoms with Crippen molar-refractivity contribution in [3.05, 3.63) is 0 Å². The fraction of sp³-hybridized carbons (Fsp3) is 0.923. The van der Waals surface area contributed by atoms with Crippen LogP contribution in [0.25, 0.3) is 0 Å². The molecule has 0 spiro atoms. The van der Waals surface area contributed by atoms with Gasteiger partial charge in [-0.2, -0.15) is 5.26 Å². The molecule has 0 aromatic heterocycles. The van der Waals surface area contributed by atoms with Crippen LogP contribution in [-0.2, 0) is 0 Å². The minimum atomic E-state index is -0.0696. The van der Waals surface area contributed by atoms with Crippen LogP contribution in [0.2, 0.25) is 0 Å². The molecule has 2 bridgehead atoms. The van der Waals surface area contributed by atoms with Crippen LogP contribution < -0.4 is 0 Å². The molecule has 2 unspecified atom stereocenters. The Balaban J connectivity index is 1.66. The van der Waals surface area contributed by atoms with Gasteiger partial charge in [-0.1, -0.05) is 0 Å². The highest BCUT2D eigenvalue weighted by Crippen LogP contribution is 2.51. The minimum absolute atomic E-state index is 0.0696. The third-order valence-electron chi connectivity index (χ3n) is 4.79. The molecular formula is C13H20N2O. The van der Waals surface area contributed by atoms with Gasteiger partial charge in [-0.05, 0) is 43.9 Å². The molecule has 3 heteroatoms. The monoisotopic (exact) mass is 220 g/mol. The molecule has 0 amide bonds. The first-order valence-corrected chi connectivity index (χ1v) is 6.53. The highest BCUT2D eigenvalue weighted by atomic mass is 16.3. The molecule has 1 saturated carbocycles. The maximum absolute atomic E-state index is 9.75. The molecule has 2 saturated heterocycles. The van der Waals surface area contributed by atoms with Gasteiger partial charge in [-0.25, -0.2) is 0 Å². The molecule has 2 aliphatic heterocycles. The fourth-order valence-electron chi connectivity index (χ4n) is 3.63. The van der Waals surface area contributed by atoms with Crippen molar-refractivity contribution in [1.82, 2.24) is 4.90 Å². The number of hydrogen-bond donors (Lipinski definition) is 1. The van der Waals surface area contributed by atoms with E-state index in [-0.39, 0.29) is 6.10 Å². The van der Waals surface area contributed by atoms with E-state index in [1.165, 1.54) is 25.7 Å². The van der Waals surface area contributed by atoms with Crippen LogP contribution in [-0.4, -0.2) is 34.7 Å². The Morgan fingerprint density at radius 1 is 1.25 bits per heavy atom. The molecule has 2 heterocycles. The van der Waals surface area contributed by atoms with Gasteiger partial charge in [-0.15, -0.1) is 0 Å². The molecule has 2 atom stereocenters. The van der Waals surface area contributed by atoms with E-state index in [0.717, 1.165) is 25.8 Å². The minimum Gasteiger partial charge on any atom is -0.393 e. The number of aliphatic hydroxyl groups is 1. The van der Waals surface area contributed by atoms with Crippen LogP contribution >= 0.6 is 0 Å². The number of fused-ring (bicyclic) bond motifs is 2. The van der Waals surface area contributed by atoms with Crippen molar-refractivity contribution < 1.29 is 5.11 Å². The van der Waals surface area contributed by atoms with E-state index >= 15 is 0 Å². The second kappa shape index (κ2) is 3.72. The number of hydrogen-bond acceptors (Lipinski definition) is 3. The zero-order chi connectivity index (χ0) is 11.2. The fourth-order valence-corrected chi connectivity index (χ4v) is 3.63. The van der Waals surface area contributed by atoms with Crippen LogP contribution in [0.1, 0.15) is 44.9 Å². The van der Waals surface area contributed by atoms with Gasteiger partial charge < -0.3 is 5.11 Å². The van der Waals surface area contributed by atoms with Gasteiger partial charge in [0.15, 0.2) is 0 Å². The summed E-state index contributed by atoms with van der Waals surface area (Å²) in [5.41, 5.74) is 0.331. The van der Waals surface area contributed by atoms with Gasteiger partial charge in [0.1, 0.15) is 0 Å². The van der Waals surface area contributed by atoms with Gasteiger partial charge in [-0.3, -0.25) is 4.90 Å². The summed E-state index contributed by atoms with van der Waals surface area (Å²) in [4.78, 5) is 2.61. The lowest BCUT2D eigenvalue weighted by Crippen LogP contribution is -2.47. The van der Waals surface area contributed by atoms with Crippen LogP contribution in [0.4, 0.5) is 0 Å². The molecule has 1 N–H and O–H groups in total. The standard InChI is InChI=1S/C13H20N2O/c14-6-5-13(3-4-13)9-15-10-1-2-11(15)8-12(16)7-10/h10-12,16H,1-5,7-9H2. The van der Waals surface area contributed by atoms with Gasteiger partial charge in [0, 0.05) is 25.0 Å². The van der Waals surface area contributed by atoms with E-state index in [4.69, 9.17) is 5.26 Å². The third-order valence-corrected chi connectivity index (χ3v) is 4.79. The lowest BCUT2D eigenvalue weighted by molar-refractivity contribution is 0.0245. The topological polar surface area (TPSA) is 47.3 Å². The van der Waals surface area contributed by atoms with Crippen molar-refractivity contribution in [2.75, 3.05) is 6.54 Å². The predicted octanol–water partition coefficient (Wildman–Crippen LogP) is 1.67. The van der Waals surface area contributed by atoms with Crippen molar-refractivity contribution in [3.8, 4) is 6.07 Å². The van der Waals surface area contributed by atoms with E-state index in [9.17, 15) is 5.11 Å². The molecule has 0 radical (unpaired) electrons.